The predicted molar refractivity (Wildman–Crippen MR) is 76.5 cm³/mol. The normalized spacial score (nSPS) is 10.0. The molecule has 6 heteroatoms. The highest BCUT2D eigenvalue weighted by Crippen LogP contribution is 2.11. The van der Waals surface area contributed by atoms with Gasteiger partial charge in [0.2, 0.25) is 0 Å². The molecule has 1 aromatic rings. The lowest BCUT2D eigenvalue weighted by atomic mass is 10.2. The first-order valence-electron chi connectivity index (χ1n) is 6.48. The molecule has 1 aromatic carbocycles. The van der Waals surface area contributed by atoms with Crippen LogP contribution in [-0.4, -0.2) is 31.6 Å². The lowest BCUT2D eigenvalue weighted by Gasteiger charge is -2.10. The average Bonchev–Trinajstić information content (AvgIpc) is 2.43. The van der Waals surface area contributed by atoms with E-state index >= 15 is 0 Å². The molecule has 3 amide bonds. The minimum Gasteiger partial charge on any atom is -0.484 e. The number of likely N-dealkylation sites (N-methyl/N-ethyl adjacent to an activating group) is 1. The Bertz CT molecular complexity index is 443. The number of rotatable bonds is 6. The number of nitrogens with one attached hydrogen (secondary N) is 3. The molecule has 0 aliphatic carbocycles. The zero-order valence-electron chi connectivity index (χ0n) is 12.0. The zero-order valence-corrected chi connectivity index (χ0v) is 12.0. The molecule has 0 bridgehead atoms. The lowest BCUT2D eigenvalue weighted by Crippen LogP contribution is -2.39. The molecule has 0 aromatic heterocycles. The van der Waals surface area contributed by atoms with E-state index in [1.807, 2.05) is 26.0 Å². The van der Waals surface area contributed by atoms with Crippen LogP contribution in [-0.2, 0) is 11.3 Å². The fourth-order valence-corrected chi connectivity index (χ4v) is 1.42. The Morgan fingerprint density at radius 1 is 1.20 bits per heavy atom. The summed E-state index contributed by atoms with van der Waals surface area (Å²) in [5, 5.41) is 7.98. The van der Waals surface area contributed by atoms with E-state index in [4.69, 9.17) is 4.74 Å². The third-order valence-electron chi connectivity index (χ3n) is 2.44. The summed E-state index contributed by atoms with van der Waals surface area (Å²) in [4.78, 5) is 22.4. The summed E-state index contributed by atoms with van der Waals surface area (Å²) < 4.78 is 5.28. The SMILES string of the molecule is CNC(=O)COc1ccc(CNC(=O)NC(C)C)cc1. The molecular weight excluding hydrogens is 258 g/mol. The van der Waals surface area contributed by atoms with Gasteiger partial charge in [0.1, 0.15) is 5.75 Å². The third-order valence-corrected chi connectivity index (χ3v) is 2.44. The molecule has 20 heavy (non-hydrogen) atoms. The molecule has 3 N–H and O–H groups in total. The zero-order chi connectivity index (χ0) is 15.0. The van der Waals surface area contributed by atoms with Crippen molar-refractivity contribution in [1.29, 1.82) is 0 Å². The van der Waals surface area contributed by atoms with Gasteiger partial charge in [0, 0.05) is 19.6 Å². The molecule has 6 nitrogen and oxygen atoms in total. The van der Waals surface area contributed by atoms with Crippen LogP contribution in [0.4, 0.5) is 4.79 Å². The molecule has 1 rings (SSSR count). The van der Waals surface area contributed by atoms with E-state index in [-0.39, 0.29) is 24.6 Å². The van der Waals surface area contributed by atoms with Crippen molar-refractivity contribution in [3.63, 3.8) is 0 Å². The highest BCUT2D eigenvalue weighted by atomic mass is 16.5. The molecule has 0 fully saturated rings. The van der Waals surface area contributed by atoms with Crippen LogP contribution in [0.5, 0.6) is 5.75 Å². The highest BCUT2D eigenvalue weighted by Gasteiger charge is 2.03. The van der Waals surface area contributed by atoms with Crippen LogP contribution < -0.4 is 20.7 Å². The maximum absolute atomic E-state index is 11.4. The Morgan fingerprint density at radius 3 is 2.40 bits per heavy atom. The Hall–Kier alpha value is -2.24. The van der Waals surface area contributed by atoms with Crippen molar-refractivity contribution in [2.45, 2.75) is 26.4 Å². The molecule has 0 spiro atoms. The number of carbonyl (C=O) groups excluding carboxylic acids is 2. The predicted octanol–water partition coefficient (Wildman–Crippen LogP) is 1.02. The summed E-state index contributed by atoms with van der Waals surface area (Å²) >= 11 is 0. The second kappa shape index (κ2) is 8.04. The number of hydrogen-bond donors (Lipinski definition) is 3. The van der Waals surface area contributed by atoms with E-state index in [1.165, 1.54) is 0 Å². The van der Waals surface area contributed by atoms with Gasteiger partial charge in [-0.2, -0.15) is 0 Å². The summed E-state index contributed by atoms with van der Waals surface area (Å²) in [6, 6.07) is 7.13. The fraction of sp³-hybridized carbons (Fsp3) is 0.429. The standard InChI is InChI=1S/C14H21N3O3/c1-10(2)17-14(19)16-8-11-4-6-12(7-5-11)20-9-13(18)15-3/h4-7,10H,8-9H2,1-3H3,(H,15,18)(H2,16,17,19). The van der Waals surface area contributed by atoms with Crippen molar-refractivity contribution in [1.82, 2.24) is 16.0 Å². The second-order valence-corrected chi connectivity index (χ2v) is 4.59. The summed E-state index contributed by atoms with van der Waals surface area (Å²) in [6.45, 7) is 4.23. The molecule has 0 atom stereocenters. The lowest BCUT2D eigenvalue weighted by molar-refractivity contribution is -0.122. The Kier molecular flexibility index (Phi) is 6.36. The van der Waals surface area contributed by atoms with Crippen LogP contribution in [0, 0.1) is 0 Å². The topological polar surface area (TPSA) is 79.5 Å². The van der Waals surface area contributed by atoms with Crippen molar-refractivity contribution < 1.29 is 14.3 Å². The van der Waals surface area contributed by atoms with Crippen LogP contribution in [0.1, 0.15) is 19.4 Å². The van der Waals surface area contributed by atoms with Gasteiger partial charge in [-0.05, 0) is 31.5 Å². The molecule has 0 aliphatic rings. The maximum Gasteiger partial charge on any atom is 0.315 e. The Labute approximate surface area is 118 Å². The quantitative estimate of drug-likeness (QED) is 0.727. The number of carbonyl (C=O) groups is 2. The van der Waals surface area contributed by atoms with Crippen LogP contribution in [0.3, 0.4) is 0 Å². The Morgan fingerprint density at radius 2 is 1.85 bits per heavy atom. The number of ether oxygens (including phenoxy) is 1. The minimum atomic E-state index is -0.194. The molecule has 0 heterocycles. The first-order chi connectivity index (χ1) is 9.51. The third kappa shape index (κ3) is 6.08. The number of urea groups is 1. The van der Waals surface area contributed by atoms with E-state index in [9.17, 15) is 9.59 Å². The van der Waals surface area contributed by atoms with Crippen LogP contribution in [0.25, 0.3) is 0 Å². The van der Waals surface area contributed by atoms with E-state index in [2.05, 4.69) is 16.0 Å². The van der Waals surface area contributed by atoms with Gasteiger partial charge in [-0.15, -0.1) is 0 Å². The molecule has 0 aliphatic heterocycles. The smallest absolute Gasteiger partial charge is 0.315 e. The molecule has 0 saturated carbocycles. The van der Waals surface area contributed by atoms with Gasteiger partial charge < -0.3 is 20.7 Å². The molecule has 0 saturated heterocycles. The van der Waals surface area contributed by atoms with Gasteiger partial charge >= 0.3 is 6.03 Å². The van der Waals surface area contributed by atoms with Gasteiger partial charge in [0.05, 0.1) is 0 Å². The fourth-order valence-electron chi connectivity index (χ4n) is 1.42. The van der Waals surface area contributed by atoms with Crippen molar-refractivity contribution in [2.24, 2.45) is 0 Å². The minimum absolute atomic E-state index is 0.00904. The van der Waals surface area contributed by atoms with Gasteiger partial charge in [0.15, 0.2) is 6.61 Å². The van der Waals surface area contributed by atoms with Gasteiger partial charge in [-0.25, -0.2) is 4.79 Å². The van der Waals surface area contributed by atoms with Crippen molar-refractivity contribution >= 4 is 11.9 Å². The highest BCUT2D eigenvalue weighted by molar-refractivity contribution is 5.77. The van der Waals surface area contributed by atoms with Crippen molar-refractivity contribution in [3.05, 3.63) is 29.8 Å². The number of hydrogen-bond acceptors (Lipinski definition) is 3. The molecule has 0 unspecified atom stereocenters. The second-order valence-electron chi connectivity index (χ2n) is 4.59. The number of benzene rings is 1. The first-order valence-corrected chi connectivity index (χ1v) is 6.48. The van der Waals surface area contributed by atoms with Crippen LogP contribution in [0.15, 0.2) is 24.3 Å². The summed E-state index contributed by atoms with van der Waals surface area (Å²) in [6.07, 6.45) is 0. The van der Waals surface area contributed by atoms with E-state index in [0.717, 1.165) is 5.56 Å². The molecular formula is C14H21N3O3. The average molecular weight is 279 g/mol. The van der Waals surface area contributed by atoms with Gasteiger partial charge in [-0.3, -0.25) is 4.79 Å². The van der Waals surface area contributed by atoms with Gasteiger partial charge in [0.25, 0.3) is 5.91 Å². The van der Waals surface area contributed by atoms with Gasteiger partial charge in [-0.1, -0.05) is 12.1 Å². The summed E-state index contributed by atoms with van der Waals surface area (Å²) in [7, 11) is 1.56. The maximum atomic E-state index is 11.4. The van der Waals surface area contributed by atoms with Crippen molar-refractivity contribution in [2.75, 3.05) is 13.7 Å². The van der Waals surface area contributed by atoms with E-state index in [0.29, 0.717) is 12.3 Å². The monoisotopic (exact) mass is 279 g/mol. The first kappa shape index (κ1) is 15.8. The largest absolute Gasteiger partial charge is 0.484 e. The molecule has 110 valence electrons. The summed E-state index contributed by atoms with van der Waals surface area (Å²) in [5.41, 5.74) is 0.955. The molecule has 0 radical (unpaired) electrons. The van der Waals surface area contributed by atoms with E-state index < -0.39 is 0 Å². The Balaban J connectivity index is 2.38. The van der Waals surface area contributed by atoms with Crippen molar-refractivity contribution in [3.8, 4) is 5.75 Å². The number of amides is 3. The van der Waals surface area contributed by atoms with E-state index in [1.54, 1.807) is 19.2 Å². The van der Waals surface area contributed by atoms with Crippen LogP contribution in [0.2, 0.25) is 0 Å². The van der Waals surface area contributed by atoms with Crippen LogP contribution >= 0.6 is 0 Å². The summed E-state index contributed by atoms with van der Waals surface area (Å²) in [5.74, 6) is 0.435.